The van der Waals surface area contributed by atoms with Crippen LogP contribution in [-0.2, 0) is 30.4 Å². The molecule has 2 aromatic rings. The van der Waals surface area contributed by atoms with Crippen molar-refractivity contribution in [3.63, 3.8) is 0 Å². The van der Waals surface area contributed by atoms with Crippen molar-refractivity contribution in [3.05, 3.63) is 36.0 Å². The summed E-state index contributed by atoms with van der Waals surface area (Å²) in [6.07, 6.45) is 1.47. The molecule has 0 bridgehead atoms. The van der Waals surface area contributed by atoms with Gasteiger partial charge in [-0.15, -0.1) is 0 Å². The molecule has 2 rings (SSSR count). The number of carbonyl (C=O) groups is 5. The van der Waals surface area contributed by atoms with E-state index in [2.05, 4.69) is 20.9 Å². The quantitative estimate of drug-likeness (QED) is 0.180. The van der Waals surface area contributed by atoms with Crippen LogP contribution in [-0.4, -0.2) is 63.9 Å². The highest BCUT2D eigenvalue weighted by Crippen LogP contribution is 2.19. The maximum Gasteiger partial charge on any atom is 0.326 e. The molecule has 0 spiro atoms. The lowest BCUT2D eigenvalue weighted by Crippen LogP contribution is -2.59. The molecule has 4 amide bonds. The number of para-hydroxylation sites is 1. The molecule has 12 nitrogen and oxygen atoms in total. The van der Waals surface area contributed by atoms with Crippen LogP contribution >= 0.6 is 0 Å². The average Bonchev–Trinajstić information content (AvgIpc) is 3.23. The van der Waals surface area contributed by atoms with Crippen LogP contribution in [0.15, 0.2) is 30.5 Å². The van der Waals surface area contributed by atoms with Crippen molar-refractivity contribution in [3.8, 4) is 0 Å². The number of aromatic nitrogens is 1. The fourth-order valence-corrected chi connectivity index (χ4v) is 4.07. The van der Waals surface area contributed by atoms with Crippen LogP contribution in [0.1, 0.15) is 46.1 Å². The van der Waals surface area contributed by atoms with Crippen LogP contribution in [0.25, 0.3) is 10.9 Å². The number of aromatic amines is 1. The molecule has 0 saturated heterocycles. The third kappa shape index (κ3) is 8.58. The van der Waals surface area contributed by atoms with Gasteiger partial charge in [-0.05, 0) is 29.9 Å². The molecule has 0 radical (unpaired) electrons. The summed E-state index contributed by atoms with van der Waals surface area (Å²) in [6.45, 7) is 7.22. The number of fused-ring (bicyclic) bond motifs is 1. The Hall–Kier alpha value is -3.93. The van der Waals surface area contributed by atoms with Crippen LogP contribution in [0, 0.1) is 11.8 Å². The van der Waals surface area contributed by atoms with Crippen molar-refractivity contribution in [1.82, 2.24) is 20.9 Å². The number of carbonyl (C=O) groups excluding carboxylic acids is 4. The summed E-state index contributed by atoms with van der Waals surface area (Å²) in [5.41, 5.74) is 12.7. The van der Waals surface area contributed by atoms with Crippen molar-refractivity contribution in [2.45, 2.75) is 71.1 Å². The van der Waals surface area contributed by atoms with E-state index in [1.54, 1.807) is 20.0 Å². The number of carboxylic acids is 1. The molecule has 4 atom stereocenters. The second-order valence-corrected chi connectivity index (χ2v) is 10.2. The van der Waals surface area contributed by atoms with E-state index in [4.69, 9.17) is 11.5 Å². The zero-order valence-electron chi connectivity index (χ0n) is 22.1. The third-order valence-corrected chi connectivity index (χ3v) is 6.06. The average molecular weight is 531 g/mol. The van der Waals surface area contributed by atoms with Gasteiger partial charge in [-0.25, -0.2) is 4.79 Å². The molecular weight excluding hydrogens is 492 g/mol. The largest absolute Gasteiger partial charge is 0.480 e. The van der Waals surface area contributed by atoms with Crippen LogP contribution in [0.3, 0.4) is 0 Å². The Morgan fingerprint density at radius 3 is 2.13 bits per heavy atom. The minimum Gasteiger partial charge on any atom is -0.480 e. The number of hydrogen-bond acceptors (Lipinski definition) is 6. The van der Waals surface area contributed by atoms with Gasteiger partial charge in [-0.3, -0.25) is 19.2 Å². The Balaban J connectivity index is 2.16. The number of amides is 4. The van der Waals surface area contributed by atoms with Crippen LogP contribution in [0.4, 0.5) is 0 Å². The minimum atomic E-state index is -1.45. The Morgan fingerprint density at radius 1 is 0.921 bits per heavy atom. The lowest BCUT2D eigenvalue weighted by atomic mass is 9.99. The predicted molar refractivity (Wildman–Crippen MR) is 142 cm³/mol. The van der Waals surface area contributed by atoms with Crippen LogP contribution < -0.4 is 27.4 Å². The SMILES string of the molecule is CC(C)CC(N)C(=O)NC(C(=O)NC(CC(N)=O)C(=O)NC(Cc1c[nH]c2ccccc12)C(=O)O)C(C)C. The second kappa shape index (κ2) is 13.6. The Kier molecular flexibility index (Phi) is 10.8. The standard InChI is InChI=1S/C26H38N6O6/c1-13(2)9-17(27)23(34)32-22(14(3)4)25(36)30-19(11-21(28)33)24(35)31-20(26(37)38)10-15-12-29-18-8-6-5-7-16(15)18/h5-8,12-14,17,19-20,22,29H,9-11,27H2,1-4H3,(H2,28,33)(H,30,36)(H,31,35)(H,32,34)(H,37,38). The first-order valence-corrected chi connectivity index (χ1v) is 12.5. The zero-order valence-corrected chi connectivity index (χ0v) is 22.1. The molecule has 1 heterocycles. The van der Waals surface area contributed by atoms with Crippen molar-refractivity contribution in [2.24, 2.45) is 23.3 Å². The normalized spacial score (nSPS) is 14.5. The van der Waals surface area contributed by atoms with Gasteiger partial charge in [0, 0.05) is 23.5 Å². The van der Waals surface area contributed by atoms with E-state index < -0.39 is 60.2 Å². The summed E-state index contributed by atoms with van der Waals surface area (Å²) >= 11 is 0. The maximum absolute atomic E-state index is 13.1. The molecule has 208 valence electrons. The monoisotopic (exact) mass is 530 g/mol. The smallest absolute Gasteiger partial charge is 0.326 e. The van der Waals surface area contributed by atoms with Crippen molar-refractivity contribution >= 4 is 40.5 Å². The first kappa shape index (κ1) is 30.3. The van der Waals surface area contributed by atoms with Gasteiger partial charge in [-0.1, -0.05) is 45.9 Å². The number of nitrogens with one attached hydrogen (secondary N) is 4. The molecule has 0 aliphatic rings. The van der Waals surface area contributed by atoms with Crippen LogP contribution in [0.2, 0.25) is 0 Å². The van der Waals surface area contributed by atoms with Gasteiger partial charge in [0.2, 0.25) is 23.6 Å². The van der Waals surface area contributed by atoms with Crippen molar-refractivity contribution in [2.75, 3.05) is 0 Å². The molecule has 0 fully saturated rings. The van der Waals surface area contributed by atoms with Gasteiger partial charge < -0.3 is 37.5 Å². The number of carboxylic acid groups (broad SMARTS) is 1. The van der Waals surface area contributed by atoms with Crippen molar-refractivity contribution < 1.29 is 29.1 Å². The van der Waals surface area contributed by atoms with Crippen molar-refractivity contribution in [1.29, 1.82) is 0 Å². The van der Waals surface area contributed by atoms with Gasteiger partial charge in [0.05, 0.1) is 12.5 Å². The van der Waals surface area contributed by atoms with E-state index in [9.17, 15) is 29.1 Å². The number of nitrogens with two attached hydrogens (primary N) is 2. The van der Waals surface area contributed by atoms with E-state index in [-0.39, 0.29) is 18.3 Å². The molecule has 4 unspecified atom stereocenters. The summed E-state index contributed by atoms with van der Waals surface area (Å²) in [6, 6.07) is 2.64. The maximum atomic E-state index is 13.1. The Bertz CT molecular complexity index is 1160. The summed E-state index contributed by atoms with van der Waals surface area (Å²) in [7, 11) is 0. The fraction of sp³-hybridized carbons (Fsp3) is 0.500. The summed E-state index contributed by atoms with van der Waals surface area (Å²) in [4.78, 5) is 65.3. The van der Waals surface area contributed by atoms with E-state index >= 15 is 0 Å². The predicted octanol–water partition coefficient (Wildman–Crippen LogP) is 0.154. The summed E-state index contributed by atoms with van der Waals surface area (Å²) in [5, 5.41) is 18.0. The first-order chi connectivity index (χ1) is 17.8. The topological polar surface area (TPSA) is 209 Å². The molecule has 9 N–H and O–H groups in total. The summed E-state index contributed by atoms with van der Waals surface area (Å²) in [5.74, 6) is -4.52. The number of primary amides is 1. The van der Waals surface area contributed by atoms with E-state index in [1.807, 2.05) is 38.1 Å². The molecule has 1 aromatic carbocycles. The van der Waals surface area contributed by atoms with Gasteiger partial charge in [0.15, 0.2) is 0 Å². The van der Waals surface area contributed by atoms with E-state index in [1.165, 1.54) is 0 Å². The highest BCUT2D eigenvalue weighted by Gasteiger charge is 2.32. The lowest BCUT2D eigenvalue weighted by Gasteiger charge is -2.27. The van der Waals surface area contributed by atoms with Gasteiger partial charge in [-0.2, -0.15) is 0 Å². The number of hydrogen-bond donors (Lipinski definition) is 7. The summed E-state index contributed by atoms with van der Waals surface area (Å²) < 4.78 is 0. The molecule has 0 saturated carbocycles. The molecule has 0 aliphatic carbocycles. The Morgan fingerprint density at radius 2 is 1.55 bits per heavy atom. The van der Waals surface area contributed by atoms with Gasteiger partial charge in [0.25, 0.3) is 0 Å². The number of benzene rings is 1. The van der Waals surface area contributed by atoms with Gasteiger partial charge >= 0.3 is 5.97 Å². The number of aliphatic carboxylic acids is 1. The van der Waals surface area contributed by atoms with Crippen LogP contribution in [0.5, 0.6) is 0 Å². The molecule has 38 heavy (non-hydrogen) atoms. The lowest BCUT2D eigenvalue weighted by molar-refractivity contribution is -0.142. The van der Waals surface area contributed by atoms with E-state index in [0.717, 1.165) is 10.9 Å². The second-order valence-electron chi connectivity index (χ2n) is 10.2. The van der Waals surface area contributed by atoms with E-state index in [0.29, 0.717) is 12.0 Å². The highest BCUT2D eigenvalue weighted by molar-refractivity contribution is 5.96. The highest BCUT2D eigenvalue weighted by atomic mass is 16.4. The zero-order chi connectivity index (χ0) is 28.6. The third-order valence-electron chi connectivity index (χ3n) is 6.06. The Labute approximate surface area is 221 Å². The first-order valence-electron chi connectivity index (χ1n) is 12.5. The number of H-pyrrole nitrogens is 1. The van der Waals surface area contributed by atoms with Gasteiger partial charge in [0.1, 0.15) is 18.1 Å². The molecule has 12 heteroatoms. The minimum absolute atomic E-state index is 0.0409. The number of rotatable bonds is 14. The molecule has 1 aromatic heterocycles. The molecular formula is C26H38N6O6. The fourth-order valence-electron chi connectivity index (χ4n) is 4.07. The molecule has 0 aliphatic heterocycles.